The van der Waals surface area contributed by atoms with Gasteiger partial charge in [0.05, 0.1) is 24.5 Å². The number of aryl methyl sites for hydroxylation is 1. The molecule has 3 aromatic rings. The molecule has 0 aliphatic heterocycles. The Morgan fingerprint density at radius 1 is 1.17 bits per heavy atom. The number of rotatable bonds is 4. The fraction of sp³-hybridized carbons (Fsp3) is 0.111. The molecule has 0 saturated heterocycles. The van der Waals surface area contributed by atoms with Crippen LogP contribution >= 0.6 is 0 Å². The van der Waals surface area contributed by atoms with Gasteiger partial charge in [-0.25, -0.2) is 0 Å². The Morgan fingerprint density at radius 2 is 2.00 bits per heavy atom. The molecule has 23 heavy (non-hydrogen) atoms. The SMILES string of the molecule is COc1cc(/C=N/Nc2cc(C)nc3ccccc23)ccc1O. The van der Waals surface area contributed by atoms with Crippen LogP contribution in [0.1, 0.15) is 11.3 Å². The summed E-state index contributed by atoms with van der Waals surface area (Å²) in [6.07, 6.45) is 1.67. The van der Waals surface area contributed by atoms with Crippen molar-refractivity contribution in [2.75, 3.05) is 12.5 Å². The standard InChI is InChI=1S/C18H17N3O2/c1-12-9-16(14-5-3-4-6-15(14)20-12)21-19-11-13-7-8-17(22)18(10-13)23-2/h3-11,22H,1-2H3,(H,20,21)/b19-11+. The number of aromatic hydroxyl groups is 1. The van der Waals surface area contributed by atoms with Crippen LogP contribution in [0.5, 0.6) is 11.5 Å². The van der Waals surface area contributed by atoms with Crippen LogP contribution < -0.4 is 10.2 Å². The Balaban J connectivity index is 1.86. The molecule has 0 spiro atoms. The van der Waals surface area contributed by atoms with Crippen LogP contribution in [0.25, 0.3) is 10.9 Å². The molecule has 0 unspecified atom stereocenters. The topological polar surface area (TPSA) is 66.7 Å². The minimum absolute atomic E-state index is 0.105. The van der Waals surface area contributed by atoms with Gasteiger partial charge in [-0.3, -0.25) is 10.4 Å². The highest BCUT2D eigenvalue weighted by atomic mass is 16.5. The fourth-order valence-corrected chi connectivity index (χ4v) is 2.35. The number of para-hydroxylation sites is 1. The van der Waals surface area contributed by atoms with E-state index in [-0.39, 0.29) is 5.75 Å². The number of aromatic nitrogens is 1. The van der Waals surface area contributed by atoms with Gasteiger partial charge in [0.1, 0.15) is 0 Å². The first kappa shape index (κ1) is 14.8. The minimum Gasteiger partial charge on any atom is -0.504 e. The normalized spacial score (nSPS) is 11.0. The second-order valence-electron chi connectivity index (χ2n) is 5.13. The molecule has 0 atom stereocenters. The molecular formula is C18H17N3O2. The molecule has 3 rings (SSSR count). The molecule has 2 aromatic carbocycles. The number of hydrogen-bond acceptors (Lipinski definition) is 5. The van der Waals surface area contributed by atoms with Crippen LogP contribution in [0, 0.1) is 6.92 Å². The summed E-state index contributed by atoms with van der Waals surface area (Å²) in [4.78, 5) is 4.50. The Labute approximate surface area is 134 Å². The number of nitrogens with one attached hydrogen (secondary N) is 1. The molecule has 0 amide bonds. The van der Waals surface area contributed by atoms with Gasteiger partial charge in [-0.1, -0.05) is 18.2 Å². The molecule has 0 aliphatic carbocycles. The van der Waals surface area contributed by atoms with E-state index < -0.39 is 0 Å². The quantitative estimate of drug-likeness (QED) is 0.569. The Kier molecular flexibility index (Phi) is 4.10. The van der Waals surface area contributed by atoms with Crippen molar-refractivity contribution < 1.29 is 9.84 Å². The second-order valence-corrected chi connectivity index (χ2v) is 5.13. The zero-order valence-corrected chi connectivity index (χ0v) is 12.9. The van der Waals surface area contributed by atoms with E-state index in [1.807, 2.05) is 37.3 Å². The fourth-order valence-electron chi connectivity index (χ4n) is 2.35. The number of phenolic OH excluding ortho intramolecular Hbond substituents is 1. The van der Waals surface area contributed by atoms with Gasteiger partial charge in [0.2, 0.25) is 0 Å². The van der Waals surface area contributed by atoms with E-state index in [0.717, 1.165) is 27.8 Å². The third-order valence-corrected chi connectivity index (χ3v) is 3.45. The van der Waals surface area contributed by atoms with E-state index in [2.05, 4.69) is 15.5 Å². The lowest BCUT2D eigenvalue weighted by molar-refractivity contribution is 0.373. The van der Waals surface area contributed by atoms with E-state index in [9.17, 15) is 5.11 Å². The van der Waals surface area contributed by atoms with Gasteiger partial charge in [0, 0.05) is 11.1 Å². The molecule has 0 radical (unpaired) electrons. The van der Waals surface area contributed by atoms with Gasteiger partial charge in [0.15, 0.2) is 11.5 Å². The first-order chi connectivity index (χ1) is 11.2. The van der Waals surface area contributed by atoms with Crippen LogP contribution in [-0.2, 0) is 0 Å². The van der Waals surface area contributed by atoms with Crippen molar-refractivity contribution in [2.24, 2.45) is 5.10 Å². The van der Waals surface area contributed by atoms with E-state index in [1.54, 1.807) is 24.4 Å². The maximum absolute atomic E-state index is 9.60. The van der Waals surface area contributed by atoms with Gasteiger partial charge in [-0.2, -0.15) is 5.10 Å². The summed E-state index contributed by atoms with van der Waals surface area (Å²) in [7, 11) is 1.51. The third kappa shape index (κ3) is 3.23. The van der Waals surface area contributed by atoms with Gasteiger partial charge in [0.25, 0.3) is 0 Å². The number of hydrogen-bond donors (Lipinski definition) is 2. The van der Waals surface area contributed by atoms with E-state index >= 15 is 0 Å². The van der Waals surface area contributed by atoms with Crippen LogP contribution in [-0.4, -0.2) is 23.4 Å². The first-order valence-electron chi connectivity index (χ1n) is 7.20. The van der Waals surface area contributed by atoms with E-state index in [0.29, 0.717) is 5.75 Å². The highest BCUT2D eigenvalue weighted by Gasteiger charge is 2.03. The Morgan fingerprint density at radius 3 is 2.83 bits per heavy atom. The van der Waals surface area contributed by atoms with Gasteiger partial charge in [-0.15, -0.1) is 0 Å². The summed E-state index contributed by atoms with van der Waals surface area (Å²) in [5.41, 5.74) is 6.63. The average Bonchev–Trinajstić information content (AvgIpc) is 2.56. The second kappa shape index (κ2) is 6.36. The number of pyridine rings is 1. The van der Waals surface area contributed by atoms with Crippen LogP contribution in [0.15, 0.2) is 53.6 Å². The molecule has 1 aromatic heterocycles. The van der Waals surface area contributed by atoms with Crippen molar-refractivity contribution in [3.05, 3.63) is 59.8 Å². The maximum Gasteiger partial charge on any atom is 0.161 e. The zero-order valence-electron chi connectivity index (χ0n) is 12.9. The molecule has 116 valence electrons. The number of anilines is 1. The zero-order chi connectivity index (χ0) is 16.2. The summed E-state index contributed by atoms with van der Waals surface area (Å²) < 4.78 is 5.08. The minimum atomic E-state index is 0.105. The average molecular weight is 307 g/mol. The number of ether oxygens (including phenoxy) is 1. The van der Waals surface area contributed by atoms with E-state index in [1.165, 1.54) is 7.11 Å². The van der Waals surface area contributed by atoms with Gasteiger partial charge in [-0.05, 0) is 42.8 Å². The van der Waals surface area contributed by atoms with E-state index in [4.69, 9.17) is 4.74 Å². The van der Waals surface area contributed by atoms with Crippen molar-refractivity contribution in [2.45, 2.75) is 6.92 Å². The number of fused-ring (bicyclic) bond motifs is 1. The predicted molar refractivity (Wildman–Crippen MR) is 92.4 cm³/mol. The summed E-state index contributed by atoms with van der Waals surface area (Å²) >= 11 is 0. The molecule has 0 aliphatic rings. The lowest BCUT2D eigenvalue weighted by Crippen LogP contribution is -1.95. The molecule has 0 saturated carbocycles. The van der Waals surface area contributed by atoms with Crippen LogP contribution in [0.2, 0.25) is 0 Å². The summed E-state index contributed by atoms with van der Waals surface area (Å²) in [5, 5.41) is 14.9. The Hall–Kier alpha value is -3.08. The van der Waals surface area contributed by atoms with Crippen molar-refractivity contribution in [1.82, 2.24) is 4.98 Å². The number of phenols is 1. The molecule has 1 heterocycles. The number of benzene rings is 2. The lowest BCUT2D eigenvalue weighted by atomic mass is 10.1. The van der Waals surface area contributed by atoms with Crippen molar-refractivity contribution >= 4 is 22.8 Å². The van der Waals surface area contributed by atoms with Crippen molar-refractivity contribution in [3.63, 3.8) is 0 Å². The molecule has 0 fully saturated rings. The summed E-state index contributed by atoms with van der Waals surface area (Å²) in [6.45, 7) is 1.95. The maximum atomic E-state index is 9.60. The largest absolute Gasteiger partial charge is 0.504 e. The molecule has 2 N–H and O–H groups in total. The van der Waals surface area contributed by atoms with Crippen LogP contribution in [0.4, 0.5) is 5.69 Å². The molecular weight excluding hydrogens is 290 g/mol. The summed E-state index contributed by atoms with van der Waals surface area (Å²) in [5.74, 6) is 0.521. The van der Waals surface area contributed by atoms with Gasteiger partial charge >= 0.3 is 0 Å². The van der Waals surface area contributed by atoms with Crippen molar-refractivity contribution in [1.29, 1.82) is 0 Å². The Bertz CT molecular complexity index is 875. The summed E-state index contributed by atoms with van der Waals surface area (Å²) in [6, 6.07) is 14.9. The molecule has 0 bridgehead atoms. The first-order valence-corrected chi connectivity index (χ1v) is 7.20. The number of methoxy groups -OCH3 is 1. The number of nitrogens with zero attached hydrogens (tertiary/aromatic N) is 2. The predicted octanol–water partition coefficient (Wildman–Crippen LogP) is 3.70. The highest BCUT2D eigenvalue weighted by molar-refractivity contribution is 5.92. The third-order valence-electron chi connectivity index (χ3n) is 3.45. The molecule has 5 heteroatoms. The highest BCUT2D eigenvalue weighted by Crippen LogP contribution is 2.26. The van der Waals surface area contributed by atoms with Crippen molar-refractivity contribution in [3.8, 4) is 11.5 Å². The monoisotopic (exact) mass is 307 g/mol. The number of hydrazone groups is 1. The lowest BCUT2D eigenvalue weighted by Gasteiger charge is -2.07. The smallest absolute Gasteiger partial charge is 0.161 e. The molecule has 5 nitrogen and oxygen atoms in total. The van der Waals surface area contributed by atoms with Gasteiger partial charge < -0.3 is 9.84 Å². The van der Waals surface area contributed by atoms with Crippen LogP contribution in [0.3, 0.4) is 0 Å².